The molecule has 0 spiro atoms. The monoisotopic (exact) mass is 320 g/mol. The van der Waals surface area contributed by atoms with Crippen LogP contribution in [0.4, 0.5) is 8.78 Å². The zero-order valence-corrected chi connectivity index (χ0v) is 13.4. The highest BCUT2D eigenvalue weighted by atomic mass is 19.3. The second-order valence-electron chi connectivity index (χ2n) is 7.85. The van der Waals surface area contributed by atoms with Gasteiger partial charge in [-0.2, -0.15) is 0 Å². The maximum atomic E-state index is 13.8. The lowest BCUT2D eigenvalue weighted by atomic mass is 9.54. The normalized spacial score (nSPS) is 40.0. The van der Waals surface area contributed by atoms with E-state index in [9.17, 15) is 18.4 Å². The Labute approximate surface area is 135 Å². The van der Waals surface area contributed by atoms with Gasteiger partial charge in [0.2, 0.25) is 6.43 Å². The summed E-state index contributed by atoms with van der Waals surface area (Å²) in [5, 5.41) is 0. The number of hydrogen-bond donors (Lipinski definition) is 0. The molecule has 0 aliphatic heterocycles. The lowest BCUT2D eigenvalue weighted by Crippen LogP contribution is -2.45. The Morgan fingerprint density at radius 2 is 1.96 bits per heavy atom. The van der Waals surface area contributed by atoms with Gasteiger partial charge < -0.3 is 0 Å². The van der Waals surface area contributed by atoms with Crippen molar-refractivity contribution in [1.82, 2.24) is 0 Å². The number of hydrogen-bond acceptors (Lipinski definition) is 2. The van der Waals surface area contributed by atoms with Crippen molar-refractivity contribution in [3.8, 4) is 0 Å². The number of alkyl halides is 2. The first-order valence-electron chi connectivity index (χ1n) is 8.69. The van der Waals surface area contributed by atoms with E-state index in [1.807, 2.05) is 6.92 Å². The summed E-state index contributed by atoms with van der Waals surface area (Å²) >= 11 is 0. The van der Waals surface area contributed by atoms with Gasteiger partial charge in [-0.25, -0.2) is 8.78 Å². The van der Waals surface area contributed by atoms with Gasteiger partial charge in [-0.1, -0.05) is 12.5 Å². The van der Waals surface area contributed by atoms with Crippen LogP contribution in [0.25, 0.3) is 0 Å². The Morgan fingerprint density at radius 3 is 2.70 bits per heavy atom. The third kappa shape index (κ3) is 2.10. The molecule has 0 aromatic heterocycles. The van der Waals surface area contributed by atoms with Crippen molar-refractivity contribution in [2.45, 2.75) is 58.3 Å². The summed E-state index contributed by atoms with van der Waals surface area (Å²) in [5.41, 5.74) is 2.77. The predicted molar refractivity (Wildman–Crippen MR) is 82.0 cm³/mol. The van der Waals surface area contributed by atoms with E-state index in [1.165, 1.54) is 5.57 Å². The summed E-state index contributed by atoms with van der Waals surface area (Å²) < 4.78 is 27.6. The van der Waals surface area contributed by atoms with Crippen LogP contribution in [0.1, 0.15) is 51.9 Å². The zero-order chi connectivity index (χ0) is 16.4. The van der Waals surface area contributed by atoms with Crippen molar-refractivity contribution in [2.24, 2.45) is 23.2 Å². The Kier molecular flexibility index (Phi) is 3.37. The van der Waals surface area contributed by atoms with Crippen molar-refractivity contribution >= 4 is 11.6 Å². The van der Waals surface area contributed by atoms with E-state index in [4.69, 9.17) is 0 Å². The highest BCUT2D eigenvalue weighted by Gasteiger charge is 2.56. The van der Waals surface area contributed by atoms with Gasteiger partial charge >= 0.3 is 0 Å². The van der Waals surface area contributed by atoms with Crippen molar-refractivity contribution in [3.63, 3.8) is 0 Å². The molecule has 4 atom stereocenters. The quantitative estimate of drug-likeness (QED) is 0.724. The predicted octanol–water partition coefficient (Wildman–Crippen LogP) is 4.25. The van der Waals surface area contributed by atoms with Gasteiger partial charge in [0, 0.05) is 24.2 Å². The highest BCUT2D eigenvalue weighted by Crippen LogP contribution is 2.60. The van der Waals surface area contributed by atoms with Crippen molar-refractivity contribution in [2.75, 3.05) is 0 Å². The molecule has 4 aliphatic carbocycles. The molecule has 0 aromatic rings. The molecule has 23 heavy (non-hydrogen) atoms. The first-order valence-corrected chi connectivity index (χ1v) is 8.69. The maximum Gasteiger partial charge on any atom is 0.242 e. The number of ketones is 2. The third-order valence-corrected chi connectivity index (χ3v) is 6.86. The van der Waals surface area contributed by atoms with Crippen LogP contribution in [0.2, 0.25) is 0 Å². The molecule has 0 amide bonds. The minimum atomic E-state index is -2.40. The molecule has 2 nitrogen and oxygen atoms in total. The van der Waals surface area contributed by atoms with E-state index in [0.29, 0.717) is 25.7 Å². The fourth-order valence-corrected chi connectivity index (χ4v) is 5.65. The van der Waals surface area contributed by atoms with Crippen molar-refractivity contribution in [3.05, 3.63) is 22.8 Å². The van der Waals surface area contributed by atoms with E-state index >= 15 is 0 Å². The summed E-state index contributed by atoms with van der Waals surface area (Å²) in [7, 11) is 0. The van der Waals surface area contributed by atoms with Crippen LogP contribution >= 0.6 is 0 Å². The molecule has 2 saturated carbocycles. The topological polar surface area (TPSA) is 34.1 Å². The first-order chi connectivity index (χ1) is 10.9. The van der Waals surface area contributed by atoms with Gasteiger partial charge in [0.15, 0.2) is 5.78 Å². The van der Waals surface area contributed by atoms with Crippen LogP contribution in [0, 0.1) is 23.2 Å². The summed E-state index contributed by atoms with van der Waals surface area (Å²) in [6, 6.07) is 0. The molecule has 0 N–H and O–H groups in total. The largest absolute Gasteiger partial charge is 0.299 e. The number of halogens is 2. The van der Waals surface area contributed by atoms with Gasteiger partial charge in [-0.05, 0) is 61.2 Å². The first kappa shape index (κ1) is 15.2. The summed E-state index contributed by atoms with van der Waals surface area (Å²) in [4.78, 5) is 24.0. The van der Waals surface area contributed by atoms with Crippen LogP contribution < -0.4 is 0 Å². The standard InChI is InChI=1S/C19H22F2O2/c1-19-7-6-13-12-3-2-11(22)8-10(12)9-14(18(20)21)17(13)15(19)4-5-16(19)23/h8,14-15,17-18H,2-7,9H2,1H3/t14-,15+,17+,19+/m1/s1. The molecule has 0 bridgehead atoms. The molecule has 4 rings (SSSR count). The molecule has 4 heteroatoms. The number of carbonyl (C=O) groups excluding carboxylic acids is 2. The number of Topliss-reactive ketones (excluding diaryl/α,β-unsaturated/α-hetero) is 1. The second-order valence-corrected chi connectivity index (χ2v) is 7.85. The SMILES string of the molecule is C[C@]12CCC3=C4CCC(=O)C=C4C[C@@H](C(F)F)[C@H]3[C@@H]1CCC2=O. The van der Waals surface area contributed by atoms with Crippen molar-refractivity contribution in [1.29, 1.82) is 0 Å². The van der Waals surface area contributed by atoms with Gasteiger partial charge in [0.1, 0.15) is 5.78 Å². The number of carbonyl (C=O) groups is 2. The Balaban J connectivity index is 1.83. The Bertz CT molecular complexity index is 646. The molecular formula is C19H22F2O2. The second kappa shape index (κ2) is 5.09. The maximum absolute atomic E-state index is 13.8. The van der Waals surface area contributed by atoms with E-state index in [-0.39, 0.29) is 23.4 Å². The van der Waals surface area contributed by atoms with Crippen molar-refractivity contribution < 1.29 is 18.4 Å². The van der Waals surface area contributed by atoms with E-state index in [0.717, 1.165) is 30.4 Å². The van der Waals surface area contributed by atoms with Crippen LogP contribution in [-0.2, 0) is 9.59 Å². The third-order valence-electron chi connectivity index (χ3n) is 6.86. The average Bonchev–Trinajstić information content (AvgIpc) is 2.81. The highest BCUT2D eigenvalue weighted by molar-refractivity contribution is 5.93. The molecule has 0 radical (unpaired) electrons. The molecule has 0 saturated heterocycles. The van der Waals surface area contributed by atoms with Crippen LogP contribution in [0.5, 0.6) is 0 Å². The molecule has 124 valence electrons. The van der Waals surface area contributed by atoms with Gasteiger partial charge in [-0.15, -0.1) is 0 Å². The lowest BCUT2D eigenvalue weighted by Gasteiger charge is -2.49. The number of fused-ring (bicyclic) bond motifs is 4. The van der Waals surface area contributed by atoms with E-state index < -0.39 is 17.8 Å². The van der Waals surface area contributed by atoms with Gasteiger partial charge in [0.25, 0.3) is 0 Å². The number of rotatable bonds is 1. The molecule has 4 aliphatic rings. The lowest BCUT2D eigenvalue weighted by molar-refractivity contribution is -0.129. The van der Waals surface area contributed by atoms with Gasteiger partial charge in [-0.3, -0.25) is 9.59 Å². The molecule has 0 unspecified atom stereocenters. The summed E-state index contributed by atoms with van der Waals surface area (Å²) in [6.07, 6.45) is 3.51. The minimum absolute atomic E-state index is 0.0597. The molecule has 0 heterocycles. The average molecular weight is 320 g/mol. The Morgan fingerprint density at radius 1 is 1.17 bits per heavy atom. The zero-order valence-electron chi connectivity index (χ0n) is 13.4. The molecular weight excluding hydrogens is 298 g/mol. The van der Waals surface area contributed by atoms with Crippen LogP contribution in [-0.4, -0.2) is 18.0 Å². The number of allylic oxidation sites excluding steroid dienone is 4. The summed E-state index contributed by atoms with van der Waals surface area (Å²) in [5.74, 6) is -0.515. The smallest absolute Gasteiger partial charge is 0.242 e. The fourth-order valence-electron chi connectivity index (χ4n) is 5.65. The molecule has 0 aromatic carbocycles. The fraction of sp³-hybridized carbons (Fsp3) is 0.684. The Hall–Kier alpha value is -1.32. The van der Waals surface area contributed by atoms with Crippen LogP contribution in [0.3, 0.4) is 0 Å². The summed E-state index contributed by atoms with van der Waals surface area (Å²) in [6.45, 7) is 1.99. The van der Waals surface area contributed by atoms with E-state index in [2.05, 4.69) is 0 Å². The van der Waals surface area contributed by atoms with Gasteiger partial charge in [0.05, 0.1) is 0 Å². The van der Waals surface area contributed by atoms with E-state index in [1.54, 1.807) is 6.08 Å². The molecule has 2 fully saturated rings. The minimum Gasteiger partial charge on any atom is -0.299 e. The van der Waals surface area contributed by atoms with Crippen LogP contribution in [0.15, 0.2) is 22.8 Å².